The molecule has 0 spiro atoms. The third-order valence-corrected chi connectivity index (χ3v) is 4.28. The maximum atomic E-state index is 14.0. The number of hydrogen-bond donors (Lipinski definition) is 3. The van der Waals surface area contributed by atoms with Crippen LogP contribution in [-0.2, 0) is 0 Å². The van der Waals surface area contributed by atoms with E-state index in [2.05, 4.69) is 4.98 Å². The maximum Gasteiger partial charge on any atom is 0.255 e. The molecule has 0 fully saturated rings. The number of aliphatic hydroxyl groups is 1. The summed E-state index contributed by atoms with van der Waals surface area (Å²) in [5.74, 6) is -0.703. The van der Waals surface area contributed by atoms with Gasteiger partial charge in [-0.2, -0.15) is 0 Å². The fourth-order valence-electron chi connectivity index (χ4n) is 2.85. The summed E-state index contributed by atoms with van der Waals surface area (Å²) in [4.78, 5) is 16.9. The van der Waals surface area contributed by atoms with Gasteiger partial charge in [-0.15, -0.1) is 0 Å². The van der Waals surface area contributed by atoms with E-state index in [1.165, 1.54) is 23.2 Å². The first kappa shape index (κ1) is 17.0. The molecule has 0 saturated carbocycles. The third kappa shape index (κ3) is 3.21. The highest BCUT2D eigenvalue weighted by atomic mass is 19.1. The number of phenols is 1. The first-order chi connectivity index (χ1) is 11.9. The number of halogens is 1. The van der Waals surface area contributed by atoms with Gasteiger partial charge in [0.2, 0.25) is 0 Å². The number of carbonyl (C=O) groups excluding carboxylic acids is 1. The number of aliphatic hydroxyl groups excluding tert-OH is 1. The molecule has 1 amide bonds. The molecule has 1 heterocycles. The molecule has 0 bridgehead atoms. The molecule has 1 unspecified atom stereocenters. The van der Waals surface area contributed by atoms with Gasteiger partial charge in [-0.25, -0.2) is 4.39 Å². The number of hydrogen-bond acceptors (Lipinski definition) is 3. The maximum absolute atomic E-state index is 14.0. The summed E-state index contributed by atoms with van der Waals surface area (Å²) >= 11 is 0. The monoisotopic (exact) mass is 342 g/mol. The van der Waals surface area contributed by atoms with Gasteiger partial charge in [0, 0.05) is 24.1 Å². The molecule has 130 valence electrons. The number of aromatic nitrogens is 1. The van der Waals surface area contributed by atoms with Gasteiger partial charge in [-0.05, 0) is 42.3 Å². The number of nitrogens with one attached hydrogen (secondary N) is 1. The van der Waals surface area contributed by atoms with Crippen LogP contribution in [-0.4, -0.2) is 39.6 Å². The van der Waals surface area contributed by atoms with Crippen molar-refractivity contribution >= 4 is 16.8 Å². The van der Waals surface area contributed by atoms with Gasteiger partial charge < -0.3 is 20.1 Å². The molecular formula is C19H19FN2O3. The number of amides is 1. The van der Waals surface area contributed by atoms with Crippen molar-refractivity contribution < 1.29 is 19.4 Å². The van der Waals surface area contributed by atoms with Crippen molar-refractivity contribution in [2.24, 2.45) is 0 Å². The molecule has 3 rings (SSSR count). The van der Waals surface area contributed by atoms with Crippen LogP contribution in [0, 0.1) is 12.7 Å². The van der Waals surface area contributed by atoms with Crippen LogP contribution in [0.25, 0.3) is 10.9 Å². The Morgan fingerprint density at radius 1 is 1.32 bits per heavy atom. The minimum absolute atomic E-state index is 0.0458. The average Bonchev–Trinajstić information content (AvgIpc) is 3.02. The number of phenolic OH excluding ortho intramolecular Hbond substituents is 1. The van der Waals surface area contributed by atoms with Gasteiger partial charge in [0.25, 0.3) is 5.91 Å². The Hall–Kier alpha value is -2.86. The van der Waals surface area contributed by atoms with Crippen molar-refractivity contribution in [2.45, 2.75) is 13.0 Å². The summed E-state index contributed by atoms with van der Waals surface area (Å²) in [5.41, 5.74) is 2.01. The number of aromatic amines is 1. The Balaban J connectivity index is 1.81. The van der Waals surface area contributed by atoms with Crippen LogP contribution in [0.2, 0.25) is 0 Å². The Labute approximate surface area is 144 Å². The molecule has 1 aromatic heterocycles. The van der Waals surface area contributed by atoms with Gasteiger partial charge >= 0.3 is 0 Å². The number of rotatable bonds is 4. The Morgan fingerprint density at radius 3 is 2.80 bits per heavy atom. The number of likely N-dealkylation sites (N-methyl/N-ethyl adjacent to an activating group) is 1. The highest BCUT2D eigenvalue weighted by Crippen LogP contribution is 2.25. The molecule has 0 aliphatic rings. The lowest BCUT2D eigenvalue weighted by Crippen LogP contribution is -2.31. The van der Waals surface area contributed by atoms with E-state index in [9.17, 15) is 19.4 Å². The van der Waals surface area contributed by atoms with E-state index >= 15 is 0 Å². The molecule has 3 N–H and O–H groups in total. The standard InChI is InChI=1S/C19H19FN2O3/c1-11-8-12(6-7-16(11)23)17(24)10-22(2)19(25)13-9-21-15-5-3-4-14(20)18(13)15/h3-9,17,21,23-24H,10H2,1-2H3. The van der Waals surface area contributed by atoms with E-state index in [1.54, 1.807) is 38.2 Å². The highest BCUT2D eigenvalue weighted by Gasteiger charge is 2.21. The number of aromatic hydroxyl groups is 1. The number of H-pyrrole nitrogens is 1. The van der Waals surface area contributed by atoms with Crippen molar-refractivity contribution in [3.05, 3.63) is 65.1 Å². The molecule has 0 saturated heterocycles. The summed E-state index contributed by atoms with van der Waals surface area (Å²) < 4.78 is 14.0. The Morgan fingerprint density at radius 2 is 2.08 bits per heavy atom. The van der Waals surface area contributed by atoms with E-state index in [4.69, 9.17) is 0 Å². The quantitative estimate of drug-likeness (QED) is 0.682. The van der Waals surface area contributed by atoms with Crippen LogP contribution in [0.5, 0.6) is 5.75 Å². The smallest absolute Gasteiger partial charge is 0.255 e. The van der Waals surface area contributed by atoms with Crippen molar-refractivity contribution in [2.75, 3.05) is 13.6 Å². The van der Waals surface area contributed by atoms with E-state index in [0.29, 0.717) is 16.6 Å². The summed E-state index contributed by atoms with van der Waals surface area (Å²) in [6, 6.07) is 9.36. The fraction of sp³-hybridized carbons (Fsp3) is 0.211. The van der Waals surface area contributed by atoms with E-state index in [1.807, 2.05) is 0 Å². The second-order valence-corrected chi connectivity index (χ2v) is 6.11. The molecule has 3 aromatic rings. The van der Waals surface area contributed by atoms with Gasteiger partial charge in [0.1, 0.15) is 11.6 Å². The van der Waals surface area contributed by atoms with Crippen LogP contribution in [0.15, 0.2) is 42.6 Å². The SMILES string of the molecule is Cc1cc(C(O)CN(C)C(=O)c2c[nH]c3cccc(F)c23)ccc1O. The second-order valence-electron chi connectivity index (χ2n) is 6.11. The highest BCUT2D eigenvalue weighted by molar-refractivity contribution is 6.06. The first-order valence-electron chi connectivity index (χ1n) is 7.87. The van der Waals surface area contributed by atoms with Crippen LogP contribution >= 0.6 is 0 Å². The summed E-state index contributed by atoms with van der Waals surface area (Å²) in [5, 5.41) is 20.2. The summed E-state index contributed by atoms with van der Waals surface area (Å²) in [6.07, 6.45) is 0.562. The number of aryl methyl sites for hydroxylation is 1. The molecule has 25 heavy (non-hydrogen) atoms. The van der Waals surface area contributed by atoms with E-state index in [-0.39, 0.29) is 29.2 Å². The minimum Gasteiger partial charge on any atom is -0.508 e. The number of fused-ring (bicyclic) bond motifs is 1. The molecule has 0 aliphatic carbocycles. The Bertz CT molecular complexity index is 936. The van der Waals surface area contributed by atoms with Crippen molar-refractivity contribution in [1.82, 2.24) is 9.88 Å². The largest absolute Gasteiger partial charge is 0.508 e. The molecule has 0 radical (unpaired) electrons. The predicted octanol–water partition coefficient (Wildman–Crippen LogP) is 3.13. The molecule has 6 heteroatoms. The van der Waals surface area contributed by atoms with Crippen LogP contribution in [0.3, 0.4) is 0 Å². The Kier molecular flexibility index (Phi) is 4.46. The lowest BCUT2D eigenvalue weighted by molar-refractivity contribution is 0.0682. The van der Waals surface area contributed by atoms with Crippen molar-refractivity contribution in [3.8, 4) is 5.75 Å². The summed E-state index contributed by atoms with van der Waals surface area (Å²) in [6.45, 7) is 1.78. The van der Waals surface area contributed by atoms with Gasteiger partial charge in [0.05, 0.1) is 18.2 Å². The van der Waals surface area contributed by atoms with Gasteiger partial charge in [0.15, 0.2) is 0 Å². The molecular weight excluding hydrogens is 323 g/mol. The number of nitrogens with zero attached hydrogens (tertiary/aromatic N) is 1. The molecule has 1 atom stereocenters. The third-order valence-electron chi connectivity index (χ3n) is 4.28. The average molecular weight is 342 g/mol. The zero-order valence-corrected chi connectivity index (χ0v) is 14.0. The zero-order valence-electron chi connectivity index (χ0n) is 14.0. The molecule has 5 nitrogen and oxygen atoms in total. The summed E-state index contributed by atoms with van der Waals surface area (Å²) in [7, 11) is 1.55. The van der Waals surface area contributed by atoms with Crippen molar-refractivity contribution in [3.63, 3.8) is 0 Å². The van der Waals surface area contributed by atoms with Crippen molar-refractivity contribution in [1.29, 1.82) is 0 Å². The van der Waals surface area contributed by atoms with Gasteiger partial charge in [-0.3, -0.25) is 4.79 Å². The number of carbonyl (C=O) groups is 1. The van der Waals surface area contributed by atoms with Crippen LogP contribution in [0.1, 0.15) is 27.6 Å². The molecule has 2 aromatic carbocycles. The topological polar surface area (TPSA) is 76.6 Å². The zero-order chi connectivity index (χ0) is 18.1. The van der Waals surface area contributed by atoms with Crippen LogP contribution in [0.4, 0.5) is 4.39 Å². The van der Waals surface area contributed by atoms with E-state index in [0.717, 1.165) is 0 Å². The van der Waals surface area contributed by atoms with Gasteiger partial charge in [-0.1, -0.05) is 12.1 Å². The van der Waals surface area contributed by atoms with Crippen LogP contribution < -0.4 is 0 Å². The molecule has 0 aliphatic heterocycles. The second kappa shape index (κ2) is 6.57. The normalized spacial score (nSPS) is 12.3. The van der Waals surface area contributed by atoms with E-state index < -0.39 is 11.9 Å². The minimum atomic E-state index is -0.914. The number of benzene rings is 2. The first-order valence-corrected chi connectivity index (χ1v) is 7.87. The lowest BCUT2D eigenvalue weighted by atomic mass is 10.1. The lowest BCUT2D eigenvalue weighted by Gasteiger charge is -2.21. The fourth-order valence-corrected chi connectivity index (χ4v) is 2.85. The predicted molar refractivity (Wildman–Crippen MR) is 93.0 cm³/mol.